The first-order valence-electron chi connectivity index (χ1n) is 4.38. The minimum Gasteiger partial charge on any atom is -0.489 e. The van der Waals surface area contributed by atoms with E-state index in [-0.39, 0.29) is 0 Å². The predicted molar refractivity (Wildman–Crippen MR) is 61.4 cm³/mol. The van der Waals surface area contributed by atoms with Gasteiger partial charge in [0.25, 0.3) is 0 Å². The van der Waals surface area contributed by atoms with Crippen molar-refractivity contribution in [1.82, 2.24) is 0 Å². The number of halogens is 2. The van der Waals surface area contributed by atoms with Gasteiger partial charge < -0.3 is 4.74 Å². The molecule has 0 aliphatic heterocycles. The largest absolute Gasteiger partial charge is 0.489 e. The molecular formula is C11H12Cl2O. The highest BCUT2D eigenvalue weighted by Crippen LogP contribution is 2.26. The molecule has 0 radical (unpaired) electrons. The van der Waals surface area contributed by atoms with Gasteiger partial charge in [-0.3, -0.25) is 0 Å². The maximum absolute atomic E-state index is 5.83. The lowest BCUT2D eigenvalue weighted by molar-refractivity contribution is 0.349. The molecule has 0 aliphatic rings. The summed E-state index contributed by atoms with van der Waals surface area (Å²) in [4.78, 5) is 0. The van der Waals surface area contributed by atoms with Crippen molar-refractivity contribution in [3.8, 4) is 5.75 Å². The van der Waals surface area contributed by atoms with E-state index in [1.807, 2.05) is 6.92 Å². The van der Waals surface area contributed by atoms with Crippen LogP contribution in [0.2, 0.25) is 10.0 Å². The summed E-state index contributed by atoms with van der Waals surface area (Å²) in [6.45, 7) is 6.41. The molecule has 0 heterocycles. The molecule has 0 unspecified atom stereocenters. The highest BCUT2D eigenvalue weighted by Gasteiger charge is 2.00. The second kappa shape index (κ2) is 5.28. The summed E-state index contributed by atoms with van der Waals surface area (Å²) in [6, 6.07) is 5.21. The molecule has 0 aliphatic carbocycles. The summed E-state index contributed by atoms with van der Waals surface area (Å²) >= 11 is 11.6. The Kier molecular flexibility index (Phi) is 4.30. The van der Waals surface area contributed by atoms with Gasteiger partial charge >= 0.3 is 0 Å². The van der Waals surface area contributed by atoms with Crippen molar-refractivity contribution in [2.75, 3.05) is 6.61 Å². The molecule has 1 aromatic rings. The van der Waals surface area contributed by atoms with Crippen molar-refractivity contribution in [2.45, 2.75) is 13.3 Å². The first-order chi connectivity index (χ1) is 6.63. The van der Waals surface area contributed by atoms with Crippen molar-refractivity contribution < 1.29 is 4.74 Å². The zero-order chi connectivity index (χ0) is 10.6. The quantitative estimate of drug-likeness (QED) is 0.700. The van der Waals surface area contributed by atoms with Crippen molar-refractivity contribution in [3.05, 3.63) is 40.4 Å². The Hall–Kier alpha value is -0.660. The SMILES string of the molecule is C=C(CC)COc1ccc(Cl)c(Cl)c1. The van der Waals surface area contributed by atoms with E-state index < -0.39 is 0 Å². The highest BCUT2D eigenvalue weighted by atomic mass is 35.5. The number of benzene rings is 1. The third-order valence-electron chi connectivity index (χ3n) is 1.83. The third kappa shape index (κ3) is 3.24. The minimum atomic E-state index is 0.506. The van der Waals surface area contributed by atoms with Gasteiger partial charge in [-0.25, -0.2) is 0 Å². The highest BCUT2D eigenvalue weighted by molar-refractivity contribution is 6.42. The Labute approximate surface area is 94.3 Å². The van der Waals surface area contributed by atoms with Gasteiger partial charge in [0.05, 0.1) is 10.0 Å². The minimum absolute atomic E-state index is 0.506. The second-order valence-corrected chi connectivity index (χ2v) is 3.78. The van der Waals surface area contributed by atoms with E-state index in [1.54, 1.807) is 18.2 Å². The van der Waals surface area contributed by atoms with Gasteiger partial charge in [0.1, 0.15) is 12.4 Å². The average molecular weight is 231 g/mol. The van der Waals surface area contributed by atoms with Crippen LogP contribution in [0.25, 0.3) is 0 Å². The van der Waals surface area contributed by atoms with E-state index in [1.165, 1.54) is 0 Å². The fourth-order valence-corrected chi connectivity index (χ4v) is 1.14. The lowest BCUT2D eigenvalue weighted by atomic mass is 10.2. The van der Waals surface area contributed by atoms with Gasteiger partial charge in [0.15, 0.2) is 0 Å². The number of hydrogen-bond acceptors (Lipinski definition) is 1. The van der Waals surface area contributed by atoms with Gasteiger partial charge in [-0.1, -0.05) is 36.7 Å². The fourth-order valence-electron chi connectivity index (χ4n) is 0.854. The second-order valence-electron chi connectivity index (χ2n) is 2.97. The Morgan fingerprint density at radius 1 is 1.36 bits per heavy atom. The van der Waals surface area contributed by atoms with Gasteiger partial charge in [-0.15, -0.1) is 0 Å². The average Bonchev–Trinajstić information content (AvgIpc) is 2.19. The molecule has 3 heteroatoms. The number of rotatable bonds is 4. The molecular weight excluding hydrogens is 219 g/mol. The number of ether oxygens (including phenoxy) is 1. The van der Waals surface area contributed by atoms with Crippen LogP contribution in [0.15, 0.2) is 30.4 Å². The summed E-state index contributed by atoms with van der Waals surface area (Å²) in [7, 11) is 0. The van der Waals surface area contributed by atoms with E-state index in [2.05, 4.69) is 6.58 Å². The topological polar surface area (TPSA) is 9.23 Å². The van der Waals surface area contributed by atoms with E-state index in [0.29, 0.717) is 22.4 Å². The Morgan fingerprint density at radius 3 is 2.64 bits per heavy atom. The molecule has 1 rings (SSSR count). The zero-order valence-corrected chi connectivity index (χ0v) is 9.53. The molecule has 0 N–H and O–H groups in total. The Bertz CT molecular complexity index is 334. The van der Waals surface area contributed by atoms with Crippen LogP contribution in [0.1, 0.15) is 13.3 Å². The predicted octanol–water partition coefficient (Wildman–Crippen LogP) is 4.34. The van der Waals surface area contributed by atoms with Crippen LogP contribution in [-0.2, 0) is 0 Å². The summed E-state index contributed by atoms with van der Waals surface area (Å²) < 4.78 is 5.45. The van der Waals surface area contributed by atoms with Crippen LogP contribution in [0.4, 0.5) is 0 Å². The maximum Gasteiger partial charge on any atom is 0.121 e. The van der Waals surface area contributed by atoms with Crippen LogP contribution >= 0.6 is 23.2 Å². The molecule has 1 aromatic carbocycles. The third-order valence-corrected chi connectivity index (χ3v) is 2.57. The Morgan fingerprint density at radius 2 is 2.07 bits per heavy atom. The van der Waals surface area contributed by atoms with Crippen molar-refractivity contribution in [2.24, 2.45) is 0 Å². The van der Waals surface area contributed by atoms with Crippen LogP contribution in [0.5, 0.6) is 5.75 Å². The molecule has 0 amide bonds. The van der Waals surface area contributed by atoms with Gasteiger partial charge in [-0.2, -0.15) is 0 Å². The fraction of sp³-hybridized carbons (Fsp3) is 0.273. The molecule has 0 aromatic heterocycles. The lowest BCUT2D eigenvalue weighted by Crippen LogP contribution is -1.99. The van der Waals surface area contributed by atoms with Gasteiger partial charge in [0.2, 0.25) is 0 Å². The standard InChI is InChI=1S/C11H12Cl2O/c1-3-8(2)7-14-9-4-5-10(12)11(13)6-9/h4-6H,2-3,7H2,1H3. The van der Waals surface area contributed by atoms with Gasteiger partial charge in [-0.05, 0) is 24.1 Å². The summed E-state index contributed by atoms with van der Waals surface area (Å²) in [5.74, 6) is 0.717. The molecule has 0 atom stereocenters. The first kappa shape index (κ1) is 11.4. The molecule has 0 saturated heterocycles. The Balaban J connectivity index is 2.60. The van der Waals surface area contributed by atoms with E-state index >= 15 is 0 Å². The van der Waals surface area contributed by atoms with Crippen molar-refractivity contribution >= 4 is 23.2 Å². The van der Waals surface area contributed by atoms with Crippen LogP contribution in [-0.4, -0.2) is 6.61 Å². The summed E-state index contributed by atoms with van der Waals surface area (Å²) in [6.07, 6.45) is 0.918. The van der Waals surface area contributed by atoms with Crippen LogP contribution < -0.4 is 4.74 Å². The van der Waals surface area contributed by atoms with Crippen LogP contribution in [0.3, 0.4) is 0 Å². The maximum atomic E-state index is 5.83. The lowest BCUT2D eigenvalue weighted by Gasteiger charge is -2.07. The molecule has 0 spiro atoms. The smallest absolute Gasteiger partial charge is 0.121 e. The molecule has 76 valence electrons. The monoisotopic (exact) mass is 230 g/mol. The summed E-state index contributed by atoms with van der Waals surface area (Å²) in [5, 5.41) is 1.04. The van der Waals surface area contributed by atoms with E-state index in [0.717, 1.165) is 12.0 Å². The van der Waals surface area contributed by atoms with Gasteiger partial charge in [0, 0.05) is 6.07 Å². The van der Waals surface area contributed by atoms with Crippen molar-refractivity contribution in [1.29, 1.82) is 0 Å². The molecule has 14 heavy (non-hydrogen) atoms. The molecule has 0 bridgehead atoms. The van der Waals surface area contributed by atoms with Crippen molar-refractivity contribution in [3.63, 3.8) is 0 Å². The molecule has 1 nitrogen and oxygen atoms in total. The first-order valence-corrected chi connectivity index (χ1v) is 5.13. The van der Waals surface area contributed by atoms with E-state index in [9.17, 15) is 0 Å². The zero-order valence-electron chi connectivity index (χ0n) is 8.02. The van der Waals surface area contributed by atoms with Crippen LogP contribution in [0, 0.1) is 0 Å². The normalized spacial score (nSPS) is 9.93. The number of hydrogen-bond donors (Lipinski definition) is 0. The molecule has 0 fully saturated rings. The molecule has 0 saturated carbocycles. The summed E-state index contributed by atoms with van der Waals surface area (Å²) in [5.41, 5.74) is 1.05. The van der Waals surface area contributed by atoms with E-state index in [4.69, 9.17) is 27.9 Å².